The molecule has 0 aliphatic heterocycles. The van der Waals surface area contributed by atoms with Gasteiger partial charge in [0.15, 0.2) is 0 Å². The second kappa shape index (κ2) is 3.10. The highest BCUT2D eigenvalue weighted by atomic mass is 16.4. The summed E-state index contributed by atoms with van der Waals surface area (Å²) in [4.78, 5) is 10.5. The normalized spacial score (nSPS) is 17.8. The maximum atomic E-state index is 10.5. The fourth-order valence-corrected chi connectivity index (χ4v) is 1.59. The summed E-state index contributed by atoms with van der Waals surface area (Å²) in [6, 6.07) is 7.57. The molecule has 2 rings (SSSR count). The largest absolute Gasteiger partial charge is 0.481 e. The van der Waals surface area contributed by atoms with Gasteiger partial charge in [-0.1, -0.05) is 24.3 Å². The van der Waals surface area contributed by atoms with Gasteiger partial charge in [0, 0.05) is 5.54 Å². The maximum absolute atomic E-state index is 10.5. The lowest BCUT2D eigenvalue weighted by molar-refractivity contribution is -0.136. The summed E-state index contributed by atoms with van der Waals surface area (Å²) >= 11 is 0. The average Bonchev–Trinajstić information content (AvgIpc) is 2.84. The van der Waals surface area contributed by atoms with Crippen LogP contribution in [0.4, 0.5) is 0 Å². The van der Waals surface area contributed by atoms with E-state index in [0.717, 1.165) is 24.0 Å². The highest BCUT2D eigenvalue weighted by molar-refractivity contribution is 5.70. The van der Waals surface area contributed by atoms with Crippen LogP contribution in [-0.2, 0) is 16.8 Å². The zero-order valence-corrected chi connectivity index (χ0v) is 7.86. The molecule has 74 valence electrons. The molecule has 1 aliphatic rings. The zero-order chi connectivity index (χ0) is 10.2. The van der Waals surface area contributed by atoms with E-state index in [4.69, 9.17) is 10.8 Å². The minimum Gasteiger partial charge on any atom is -0.481 e. The van der Waals surface area contributed by atoms with E-state index in [9.17, 15) is 4.79 Å². The van der Waals surface area contributed by atoms with Crippen LogP contribution in [0.5, 0.6) is 0 Å². The Morgan fingerprint density at radius 2 is 2.21 bits per heavy atom. The van der Waals surface area contributed by atoms with Gasteiger partial charge in [0.1, 0.15) is 0 Å². The van der Waals surface area contributed by atoms with Crippen molar-refractivity contribution in [2.24, 2.45) is 5.73 Å². The highest BCUT2D eigenvalue weighted by Crippen LogP contribution is 2.42. The molecule has 0 saturated heterocycles. The van der Waals surface area contributed by atoms with Gasteiger partial charge in [-0.2, -0.15) is 0 Å². The Bertz CT molecular complexity index is 369. The molecule has 0 bridgehead atoms. The van der Waals surface area contributed by atoms with Crippen LogP contribution in [0, 0.1) is 0 Å². The van der Waals surface area contributed by atoms with Gasteiger partial charge in [-0.15, -0.1) is 0 Å². The van der Waals surface area contributed by atoms with Crippen molar-refractivity contribution in [3.8, 4) is 0 Å². The van der Waals surface area contributed by atoms with Gasteiger partial charge in [-0.05, 0) is 24.0 Å². The van der Waals surface area contributed by atoms with Gasteiger partial charge in [-0.25, -0.2) is 0 Å². The molecule has 3 nitrogen and oxygen atoms in total. The molecule has 0 aromatic heterocycles. The Morgan fingerprint density at radius 3 is 2.79 bits per heavy atom. The van der Waals surface area contributed by atoms with E-state index in [-0.39, 0.29) is 12.0 Å². The second-order valence-electron chi connectivity index (χ2n) is 3.93. The predicted molar refractivity (Wildman–Crippen MR) is 52.9 cm³/mol. The van der Waals surface area contributed by atoms with Crippen molar-refractivity contribution in [1.82, 2.24) is 0 Å². The highest BCUT2D eigenvalue weighted by Gasteiger charge is 2.39. The van der Waals surface area contributed by atoms with Crippen LogP contribution in [0.1, 0.15) is 24.0 Å². The van der Waals surface area contributed by atoms with Crippen LogP contribution >= 0.6 is 0 Å². The maximum Gasteiger partial charge on any atom is 0.307 e. The van der Waals surface area contributed by atoms with Gasteiger partial charge in [0.25, 0.3) is 0 Å². The zero-order valence-electron chi connectivity index (χ0n) is 7.86. The number of carboxylic acid groups (broad SMARTS) is 1. The van der Waals surface area contributed by atoms with Crippen molar-refractivity contribution in [2.45, 2.75) is 24.8 Å². The lowest BCUT2D eigenvalue weighted by Gasteiger charge is -2.09. The molecule has 1 saturated carbocycles. The number of aliphatic carboxylic acids is 1. The van der Waals surface area contributed by atoms with Crippen LogP contribution in [-0.4, -0.2) is 11.1 Å². The summed E-state index contributed by atoms with van der Waals surface area (Å²) in [5.74, 6) is -0.802. The molecule has 3 N–H and O–H groups in total. The van der Waals surface area contributed by atoms with Gasteiger partial charge in [-0.3, -0.25) is 4.79 Å². The fraction of sp³-hybridized carbons (Fsp3) is 0.364. The number of rotatable bonds is 3. The first-order valence-corrected chi connectivity index (χ1v) is 4.70. The van der Waals surface area contributed by atoms with Crippen LogP contribution < -0.4 is 5.73 Å². The lowest BCUT2D eigenvalue weighted by Crippen LogP contribution is -2.18. The number of nitrogens with two attached hydrogens (primary N) is 1. The Balaban J connectivity index is 2.23. The standard InChI is InChI=1S/C11H13NO2/c12-11(4-5-11)9-3-1-2-8(6-9)7-10(13)14/h1-3,6H,4-5,7,12H2,(H,13,14). The van der Waals surface area contributed by atoms with Crippen LogP contribution in [0.25, 0.3) is 0 Å². The average molecular weight is 191 g/mol. The summed E-state index contributed by atoms with van der Waals surface area (Å²) in [5, 5.41) is 8.64. The molecule has 0 heterocycles. The molecule has 0 unspecified atom stereocenters. The van der Waals surface area contributed by atoms with E-state index in [2.05, 4.69) is 0 Å². The Morgan fingerprint density at radius 1 is 1.50 bits per heavy atom. The molecule has 1 fully saturated rings. The number of hydrogen-bond acceptors (Lipinski definition) is 2. The van der Waals surface area contributed by atoms with Crippen molar-refractivity contribution < 1.29 is 9.90 Å². The summed E-state index contributed by atoms with van der Waals surface area (Å²) in [5.41, 5.74) is 7.74. The summed E-state index contributed by atoms with van der Waals surface area (Å²) < 4.78 is 0. The van der Waals surface area contributed by atoms with Crippen molar-refractivity contribution >= 4 is 5.97 Å². The van der Waals surface area contributed by atoms with Crippen LogP contribution in [0.3, 0.4) is 0 Å². The second-order valence-corrected chi connectivity index (χ2v) is 3.93. The molecule has 1 aromatic rings. The van der Waals surface area contributed by atoms with Crippen LogP contribution in [0.15, 0.2) is 24.3 Å². The van der Waals surface area contributed by atoms with Crippen LogP contribution in [0.2, 0.25) is 0 Å². The fourth-order valence-electron chi connectivity index (χ4n) is 1.59. The quantitative estimate of drug-likeness (QED) is 0.756. The summed E-state index contributed by atoms with van der Waals surface area (Å²) in [6.45, 7) is 0. The number of carbonyl (C=O) groups is 1. The first kappa shape index (κ1) is 9.21. The Kier molecular flexibility index (Phi) is 2.04. The van der Waals surface area contributed by atoms with Gasteiger partial charge in [0.05, 0.1) is 6.42 Å². The monoisotopic (exact) mass is 191 g/mol. The first-order valence-electron chi connectivity index (χ1n) is 4.70. The molecule has 0 atom stereocenters. The van der Waals surface area contributed by atoms with E-state index in [1.807, 2.05) is 24.3 Å². The molecule has 0 spiro atoms. The number of benzene rings is 1. The smallest absolute Gasteiger partial charge is 0.307 e. The lowest BCUT2D eigenvalue weighted by atomic mass is 10.0. The molecule has 1 aromatic carbocycles. The van der Waals surface area contributed by atoms with Gasteiger partial charge >= 0.3 is 5.97 Å². The molecule has 3 heteroatoms. The third kappa shape index (κ3) is 1.77. The molecular formula is C11H13NO2. The third-order valence-corrected chi connectivity index (χ3v) is 2.65. The molecule has 14 heavy (non-hydrogen) atoms. The van der Waals surface area contributed by atoms with Crippen molar-refractivity contribution in [1.29, 1.82) is 0 Å². The summed E-state index contributed by atoms with van der Waals surface area (Å²) in [6.07, 6.45) is 2.08. The predicted octanol–water partition coefficient (Wildman–Crippen LogP) is 1.26. The minimum absolute atomic E-state index is 0.0733. The molecular weight excluding hydrogens is 178 g/mol. The van der Waals surface area contributed by atoms with Gasteiger partial charge < -0.3 is 10.8 Å². The molecule has 1 aliphatic carbocycles. The van der Waals surface area contributed by atoms with E-state index < -0.39 is 5.97 Å². The number of hydrogen-bond donors (Lipinski definition) is 2. The Hall–Kier alpha value is -1.35. The van der Waals surface area contributed by atoms with E-state index in [1.54, 1.807) is 0 Å². The Labute approximate surface area is 82.5 Å². The topological polar surface area (TPSA) is 63.3 Å². The van der Waals surface area contributed by atoms with Crippen molar-refractivity contribution in [3.05, 3.63) is 35.4 Å². The van der Waals surface area contributed by atoms with Gasteiger partial charge in [0.2, 0.25) is 0 Å². The van der Waals surface area contributed by atoms with E-state index in [0.29, 0.717) is 0 Å². The van der Waals surface area contributed by atoms with Crippen molar-refractivity contribution in [2.75, 3.05) is 0 Å². The molecule has 0 amide bonds. The van der Waals surface area contributed by atoms with Crippen molar-refractivity contribution in [3.63, 3.8) is 0 Å². The molecule has 0 radical (unpaired) electrons. The third-order valence-electron chi connectivity index (χ3n) is 2.65. The van der Waals surface area contributed by atoms with E-state index >= 15 is 0 Å². The first-order chi connectivity index (χ1) is 6.60. The SMILES string of the molecule is NC1(c2cccc(CC(=O)O)c2)CC1. The summed E-state index contributed by atoms with van der Waals surface area (Å²) in [7, 11) is 0. The number of carboxylic acids is 1. The van der Waals surface area contributed by atoms with E-state index in [1.165, 1.54) is 0 Å². The minimum atomic E-state index is -0.802.